The summed E-state index contributed by atoms with van der Waals surface area (Å²) in [7, 11) is 0. The van der Waals surface area contributed by atoms with Crippen LogP contribution in [0.1, 0.15) is 71.4 Å². The second kappa shape index (κ2) is 7.55. The fraction of sp³-hybridized carbons (Fsp3) is 0.565. The van der Waals surface area contributed by atoms with E-state index in [1.807, 2.05) is 39.8 Å². The number of nitrogens with one attached hydrogen (secondary N) is 1. The Bertz CT molecular complexity index is 827. The lowest BCUT2D eigenvalue weighted by molar-refractivity contribution is -0.150. The minimum absolute atomic E-state index is 0.200. The van der Waals surface area contributed by atoms with Crippen LogP contribution in [0.15, 0.2) is 24.0 Å². The van der Waals surface area contributed by atoms with Crippen LogP contribution in [-0.2, 0) is 20.7 Å². The van der Waals surface area contributed by atoms with Gasteiger partial charge in [-0.15, -0.1) is 0 Å². The maximum atomic E-state index is 13.2. The van der Waals surface area contributed by atoms with Gasteiger partial charge in [0.25, 0.3) is 5.91 Å². The van der Waals surface area contributed by atoms with Gasteiger partial charge in [0.2, 0.25) is 0 Å². The van der Waals surface area contributed by atoms with Crippen molar-refractivity contribution in [3.05, 3.63) is 40.1 Å². The van der Waals surface area contributed by atoms with Crippen molar-refractivity contribution in [2.75, 3.05) is 0 Å². The second-order valence-electron chi connectivity index (χ2n) is 9.19. The van der Waals surface area contributed by atoms with Gasteiger partial charge in [-0.2, -0.15) is 0 Å². The number of carbonyl (C=O) groups excluding carboxylic acids is 2. The van der Waals surface area contributed by atoms with Crippen molar-refractivity contribution in [1.82, 2.24) is 5.32 Å². The van der Waals surface area contributed by atoms with Crippen LogP contribution in [0.25, 0.3) is 5.57 Å². The van der Waals surface area contributed by atoms with Crippen LogP contribution in [0.4, 0.5) is 0 Å². The molecule has 5 heteroatoms. The molecule has 1 saturated carbocycles. The monoisotopic (exact) mass is 403 g/mol. The van der Waals surface area contributed by atoms with E-state index in [1.165, 1.54) is 0 Å². The lowest BCUT2D eigenvalue weighted by atomic mass is 9.76. The van der Waals surface area contributed by atoms with Gasteiger partial charge in [0.05, 0.1) is 16.5 Å². The van der Waals surface area contributed by atoms with E-state index >= 15 is 0 Å². The third kappa shape index (κ3) is 3.71. The highest BCUT2D eigenvalue weighted by Gasteiger charge is 2.50. The molecule has 1 aliphatic carbocycles. The Morgan fingerprint density at radius 2 is 1.93 bits per heavy atom. The predicted molar refractivity (Wildman–Crippen MR) is 112 cm³/mol. The summed E-state index contributed by atoms with van der Waals surface area (Å²) in [4.78, 5) is 26.0. The van der Waals surface area contributed by atoms with Gasteiger partial charge in [0, 0.05) is 10.6 Å². The first kappa shape index (κ1) is 20.9. The summed E-state index contributed by atoms with van der Waals surface area (Å²) in [6.45, 7) is 9.72. The van der Waals surface area contributed by atoms with E-state index in [0.29, 0.717) is 27.8 Å². The third-order valence-corrected chi connectivity index (χ3v) is 6.22. The molecule has 28 heavy (non-hydrogen) atoms. The molecule has 0 unspecified atom stereocenters. The normalized spacial score (nSPS) is 25.2. The maximum absolute atomic E-state index is 13.2. The van der Waals surface area contributed by atoms with Crippen molar-refractivity contribution >= 4 is 29.1 Å². The van der Waals surface area contributed by atoms with Crippen molar-refractivity contribution in [2.45, 2.75) is 72.3 Å². The molecule has 0 aromatic heterocycles. The smallest absolute Gasteiger partial charge is 0.316 e. The number of hydrogen-bond donors (Lipinski definition) is 1. The van der Waals surface area contributed by atoms with E-state index in [0.717, 1.165) is 37.7 Å². The third-order valence-electron chi connectivity index (χ3n) is 5.91. The van der Waals surface area contributed by atoms with E-state index < -0.39 is 11.0 Å². The Morgan fingerprint density at radius 1 is 1.29 bits per heavy atom. The predicted octanol–water partition coefficient (Wildman–Crippen LogP) is 5.28. The van der Waals surface area contributed by atoms with Gasteiger partial charge in [0.1, 0.15) is 5.76 Å². The van der Waals surface area contributed by atoms with E-state index in [1.54, 1.807) is 6.07 Å². The molecule has 0 radical (unpaired) electrons. The highest BCUT2D eigenvalue weighted by atomic mass is 35.5. The zero-order valence-electron chi connectivity index (χ0n) is 17.4. The summed E-state index contributed by atoms with van der Waals surface area (Å²) in [5, 5.41) is 3.68. The molecule has 1 amide bonds. The highest BCUT2D eigenvalue weighted by molar-refractivity contribution is 6.36. The van der Waals surface area contributed by atoms with E-state index in [-0.39, 0.29) is 11.9 Å². The Labute approximate surface area is 172 Å². The van der Waals surface area contributed by atoms with Gasteiger partial charge >= 0.3 is 5.97 Å². The first-order valence-electron chi connectivity index (χ1n) is 10.2. The lowest BCUT2D eigenvalue weighted by Gasteiger charge is -2.38. The van der Waals surface area contributed by atoms with Crippen molar-refractivity contribution in [2.24, 2.45) is 11.3 Å². The molecule has 0 atom stereocenters. The van der Waals surface area contributed by atoms with Crippen LogP contribution in [0, 0.1) is 11.3 Å². The molecule has 1 aromatic carbocycles. The molecule has 1 heterocycles. The summed E-state index contributed by atoms with van der Waals surface area (Å²) in [5.74, 6) is 0.526. The van der Waals surface area contributed by atoms with Gasteiger partial charge in [-0.3, -0.25) is 9.59 Å². The first-order chi connectivity index (χ1) is 13.1. The van der Waals surface area contributed by atoms with Gasteiger partial charge in [-0.1, -0.05) is 37.6 Å². The van der Waals surface area contributed by atoms with Crippen molar-refractivity contribution in [1.29, 1.82) is 0 Å². The standard InChI is InChI=1S/C23H30ClNO3/c1-6-15-8-7-9-16(24)17(15)18-19(28-21(27)22(3,4)5)23(25-20(18)26)12-10-14(2)11-13-23/h7-9,14H,6,10-13H2,1-5H3,(H,25,26). The van der Waals surface area contributed by atoms with E-state index in [4.69, 9.17) is 16.3 Å². The van der Waals surface area contributed by atoms with Crippen LogP contribution in [0.3, 0.4) is 0 Å². The van der Waals surface area contributed by atoms with E-state index in [2.05, 4.69) is 12.2 Å². The molecule has 1 N–H and O–H groups in total. The molecule has 1 aliphatic heterocycles. The molecule has 2 aliphatic rings. The van der Waals surface area contributed by atoms with Crippen LogP contribution in [0.2, 0.25) is 5.02 Å². The van der Waals surface area contributed by atoms with Crippen LogP contribution in [0.5, 0.6) is 0 Å². The number of ether oxygens (including phenoxy) is 1. The van der Waals surface area contributed by atoms with Gasteiger partial charge < -0.3 is 10.1 Å². The number of esters is 1. The summed E-state index contributed by atoms with van der Waals surface area (Å²) in [5.41, 5.74) is 0.805. The summed E-state index contributed by atoms with van der Waals surface area (Å²) in [6, 6.07) is 5.64. The summed E-state index contributed by atoms with van der Waals surface area (Å²) in [6.07, 6.45) is 4.22. The average molecular weight is 404 g/mol. The zero-order valence-corrected chi connectivity index (χ0v) is 18.2. The largest absolute Gasteiger partial charge is 0.427 e. The van der Waals surface area contributed by atoms with Crippen molar-refractivity contribution in [3.8, 4) is 0 Å². The number of halogens is 1. The van der Waals surface area contributed by atoms with Gasteiger partial charge in [-0.25, -0.2) is 0 Å². The first-order valence-corrected chi connectivity index (χ1v) is 10.5. The number of benzene rings is 1. The molecule has 0 saturated heterocycles. The minimum atomic E-state index is -0.666. The molecule has 152 valence electrons. The van der Waals surface area contributed by atoms with Crippen molar-refractivity contribution in [3.63, 3.8) is 0 Å². The molecular weight excluding hydrogens is 374 g/mol. The Morgan fingerprint density at radius 3 is 2.50 bits per heavy atom. The lowest BCUT2D eigenvalue weighted by Crippen LogP contribution is -2.48. The van der Waals surface area contributed by atoms with Crippen LogP contribution >= 0.6 is 11.6 Å². The number of amides is 1. The number of carbonyl (C=O) groups is 2. The fourth-order valence-corrected chi connectivity index (χ4v) is 4.34. The molecule has 3 rings (SSSR count). The molecular formula is C23H30ClNO3. The number of rotatable bonds is 3. The van der Waals surface area contributed by atoms with Crippen LogP contribution < -0.4 is 5.32 Å². The molecule has 1 aromatic rings. The Kier molecular flexibility index (Phi) is 5.64. The summed E-state index contributed by atoms with van der Waals surface area (Å²) < 4.78 is 6.00. The van der Waals surface area contributed by atoms with Crippen LogP contribution in [-0.4, -0.2) is 17.4 Å². The quantitative estimate of drug-likeness (QED) is 0.698. The second-order valence-corrected chi connectivity index (χ2v) is 9.60. The molecule has 1 spiro atoms. The number of hydrogen-bond acceptors (Lipinski definition) is 3. The molecule has 1 fully saturated rings. The molecule has 4 nitrogen and oxygen atoms in total. The van der Waals surface area contributed by atoms with E-state index in [9.17, 15) is 9.59 Å². The SMILES string of the molecule is CCc1cccc(Cl)c1C1=C(OC(=O)C(C)(C)C)C2(CCC(C)CC2)NC1=O. The highest BCUT2D eigenvalue weighted by Crippen LogP contribution is 2.46. The molecule has 0 bridgehead atoms. The zero-order chi connectivity index (χ0) is 20.7. The maximum Gasteiger partial charge on any atom is 0.316 e. The fourth-order valence-electron chi connectivity index (χ4n) is 4.05. The Balaban J connectivity index is 2.20. The Hall–Kier alpha value is -1.81. The topological polar surface area (TPSA) is 55.4 Å². The summed E-state index contributed by atoms with van der Waals surface area (Å²) >= 11 is 6.54. The van der Waals surface area contributed by atoms with Gasteiger partial charge in [-0.05, 0) is 70.4 Å². The average Bonchev–Trinajstić information content (AvgIpc) is 2.88. The minimum Gasteiger partial charge on any atom is -0.427 e. The van der Waals surface area contributed by atoms with Crippen molar-refractivity contribution < 1.29 is 14.3 Å². The number of aryl methyl sites for hydroxylation is 1. The van der Waals surface area contributed by atoms with Gasteiger partial charge in [0.15, 0.2) is 0 Å².